The first-order chi connectivity index (χ1) is 19.2. The maximum absolute atomic E-state index is 13.6. The number of nitrogens with zero attached hydrogens (tertiary/aromatic N) is 3. The van der Waals surface area contributed by atoms with E-state index in [4.69, 9.17) is 14.7 Å². The molecule has 2 aliphatic heterocycles. The molecule has 1 saturated heterocycles. The summed E-state index contributed by atoms with van der Waals surface area (Å²) in [6.07, 6.45) is -3.19. The maximum Gasteiger partial charge on any atom is 0.420 e. The number of morpholine rings is 1. The Morgan fingerprint density at radius 3 is 2.58 bits per heavy atom. The highest BCUT2D eigenvalue weighted by Gasteiger charge is 2.36. The van der Waals surface area contributed by atoms with Crippen molar-refractivity contribution in [3.8, 4) is 23.3 Å². The Bertz CT molecular complexity index is 1530. The fourth-order valence-electron chi connectivity index (χ4n) is 4.69. The van der Waals surface area contributed by atoms with Gasteiger partial charge in [0.15, 0.2) is 0 Å². The first-order valence-electron chi connectivity index (χ1n) is 12.4. The van der Waals surface area contributed by atoms with Crippen molar-refractivity contribution < 1.29 is 32.5 Å². The number of nitriles is 1. The van der Waals surface area contributed by atoms with Crippen LogP contribution in [0.25, 0.3) is 11.6 Å². The van der Waals surface area contributed by atoms with Gasteiger partial charge in [-0.2, -0.15) is 18.4 Å². The molecule has 0 atom stereocenters. The number of phenolic OH excluding ortho intramolecular Hbond substituents is 1. The van der Waals surface area contributed by atoms with Crippen molar-refractivity contribution in [1.29, 1.82) is 5.26 Å². The van der Waals surface area contributed by atoms with E-state index in [-0.39, 0.29) is 23.0 Å². The van der Waals surface area contributed by atoms with E-state index in [0.29, 0.717) is 49.1 Å². The van der Waals surface area contributed by atoms with Crippen LogP contribution in [0, 0.1) is 11.3 Å². The van der Waals surface area contributed by atoms with Gasteiger partial charge in [-0.05, 0) is 48.5 Å². The zero-order valence-electron chi connectivity index (χ0n) is 21.0. The zero-order chi connectivity index (χ0) is 28.4. The Hall–Kier alpha value is -3.85. The van der Waals surface area contributed by atoms with Crippen molar-refractivity contribution >= 4 is 39.2 Å². The van der Waals surface area contributed by atoms with Gasteiger partial charge >= 0.3 is 6.18 Å². The summed E-state index contributed by atoms with van der Waals surface area (Å²) in [5.41, 5.74) is 0.854. The van der Waals surface area contributed by atoms with Crippen molar-refractivity contribution in [3.05, 3.63) is 81.3 Å². The number of anilines is 1. The molecule has 11 heteroatoms. The summed E-state index contributed by atoms with van der Waals surface area (Å²) in [7, 11) is 0. The summed E-state index contributed by atoms with van der Waals surface area (Å²) >= 11 is 3.54. The number of phenols is 1. The first-order valence-corrected chi connectivity index (χ1v) is 13.2. The standard InChI is InChI=1S/C29H23BrF3N3O4/c30-23-2-1-3-24-27(23)21(28(38)36(24)9-8-35-10-12-39-13-11-35)15-19-5-6-20(16-25(19)37)40-26-7-4-18(17-34)14-22(26)29(31,32)33/h1-7,14-16,37H,8-13H2. The molecule has 7 nitrogen and oxygen atoms in total. The number of carbonyl (C=O) groups is 1. The summed E-state index contributed by atoms with van der Waals surface area (Å²) < 4.78 is 52.1. The van der Waals surface area contributed by atoms with Gasteiger partial charge in [-0.15, -0.1) is 0 Å². The van der Waals surface area contributed by atoms with Crippen molar-refractivity contribution in [2.75, 3.05) is 44.3 Å². The minimum Gasteiger partial charge on any atom is -0.507 e. The minimum atomic E-state index is -4.74. The minimum absolute atomic E-state index is 0.0404. The Labute approximate surface area is 236 Å². The number of carbonyl (C=O) groups excluding carboxylic acids is 1. The highest BCUT2D eigenvalue weighted by atomic mass is 79.9. The number of rotatable bonds is 6. The Kier molecular flexibility index (Phi) is 7.85. The molecular weight excluding hydrogens is 591 g/mol. The Morgan fingerprint density at radius 1 is 1.10 bits per heavy atom. The van der Waals surface area contributed by atoms with Gasteiger partial charge in [-0.25, -0.2) is 0 Å². The molecule has 2 heterocycles. The quantitative estimate of drug-likeness (QED) is 0.340. The van der Waals surface area contributed by atoms with Gasteiger partial charge in [-0.3, -0.25) is 9.69 Å². The van der Waals surface area contributed by atoms with Gasteiger partial charge in [0.2, 0.25) is 0 Å². The van der Waals surface area contributed by atoms with E-state index in [1.807, 2.05) is 18.2 Å². The Balaban J connectivity index is 1.42. The maximum atomic E-state index is 13.6. The van der Waals surface area contributed by atoms with E-state index in [9.17, 15) is 23.1 Å². The fourth-order valence-corrected chi connectivity index (χ4v) is 5.26. The molecule has 3 aromatic carbocycles. The monoisotopic (exact) mass is 613 g/mol. The molecule has 2 aliphatic rings. The number of aromatic hydroxyl groups is 1. The third-order valence-corrected chi connectivity index (χ3v) is 7.38. The second kappa shape index (κ2) is 11.3. The van der Waals surface area contributed by atoms with Crippen molar-refractivity contribution in [2.24, 2.45) is 0 Å². The van der Waals surface area contributed by atoms with E-state index in [2.05, 4.69) is 20.8 Å². The van der Waals surface area contributed by atoms with Crippen LogP contribution in [0.5, 0.6) is 17.2 Å². The predicted molar refractivity (Wildman–Crippen MR) is 146 cm³/mol. The second-order valence-corrected chi connectivity index (χ2v) is 10.1. The Morgan fingerprint density at radius 2 is 1.88 bits per heavy atom. The third kappa shape index (κ3) is 5.70. The molecular formula is C29H23BrF3N3O4. The van der Waals surface area contributed by atoms with Gasteiger partial charge in [0.05, 0.1) is 41.7 Å². The summed E-state index contributed by atoms with van der Waals surface area (Å²) in [6, 6.07) is 14.3. The molecule has 206 valence electrons. The third-order valence-electron chi connectivity index (χ3n) is 6.71. The molecule has 0 unspecified atom stereocenters. The van der Waals surface area contributed by atoms with Crippen LogP contribution in [0.15, 0.2) is 59.1 Å². The summed E-state index contributed by atoms with van der Waals surface area (Å²) in [4.78, 5) is 17.5. The number of benzene rings is 3. The molecule has 5 rings (SSSR count). The molecule has 0 radical (unpaired) electrons. The lowest BCUT2D eigenvalue weighted by atomic mass is 10.0. The molecule has 0 aromatic heterocycles. The molecule has 1 fully saturated rings. The lowest BCUT2D eigenvalue weighted by Gasteiger charge is -2.28. The summed E-state index contributed by atoms with van der Waals surface area (Å²) in [5.74, 6) is -1.04. The number of fused-ring (bicyclic) bond motifs is 1. The molecule has 0 spiro atoms. The van der Waals surface area contributed by atoms with Gasteiger partial charge in [0, 0.05) is 47.8 Å². The largest absolute Gasteiger partial charge is 0.507 e. The second-order valence-electron chi connectivity index (χ2n) is 9.25. The molecule has 0 aliphatic carbocycles. The molecule has 1 amide bonds. The molecule has 1 N–H and O–H groups in total. The van der Waals surface area contributed by atoms with Crippen LogP contribution in [0.3, 0.4) is 0 Å². The van der Waals surface area contributed by atoms with E-state index in [1.54, 1.807) is 17.0 Å². The van der Waals surface area contributed by atoms with E-state index >= 15 is 0 Å². The van der Waals surface area contributed by atoms with Crippen LogP contribution in [0.4, 0.5) is 18.9 Å². The highest BCUT2D eigenvalue weighted by molar-refractivity contribution is 9.10. The number of halogens is 4. The molecule has 0 bridgehead atoms. The molecule has 40 heavy (non-hydrogen) atoms. The highest BCUT2D eigenvalue weighted by Crippen LogP contribution is 2.43. The van der Waals surface area contributed by atoms with Gasteiger partial charge < -0.3 is 19.5 Å². The van der Waals surface area contributed by atoms with E-state index in [0.717, 1.165) is 29.3 Å². The smallest absolute Gasteiger partial charge is 0.420 e. The lowest BCUT2D eigenvalue weighted by Crippen LogP contribution is -2.42. The van der Waals surface area contributed by atoms with E-state index in [1.165, 1.54) is 24.3 Å². The summed E-state index contributed by atoms with van der Waals surface area (Å²) in [6.45, 7) is 4.06. The normalized spacial score (nSPS) is 16.7. The van der Waals surface area contributed by atoms with E-state index < -0.39 is 17.5 Å². The number of alkyl halides is 3. The average Bonchev–Trinajstić information content (AvgIpc) is 3.20. The number of amides is 1. The van der Waals surface area contributed by atoms with Gasteiger partial charge in [-0.1, -0.05) is 22.0 Å². The van der Waals surface area contributed by atoms with Crippen LogP contribution in [0.2, 0.25) is 0 Å². The topological polar surface area (TPSA) is 86.0 Å². The SMILES string of the molecule is N#Cc1ccc(Oc2ccc(C=C3C(=O)N(CCN4CCOCC4)c4cccc(Br)c43)c(O)c2)c(C(F)(F)F)c1. The molecule has 3 aromatic rings. The number of hydrogen-bond acceptors (Lipinski definition) is 6. The average molecular weight is 614 g/mol. The zero-order valence-corrected chi connectivity index (χ0v) is 22.6. The van der Waals surface area contributed by atoms with Crippen LogP contribution in [-0.2, 0) is 15.7 Å². The number of ether oxygens (including phenoxy) is 2. The van der Waals surface area contributed by atoms with Crippen LogP contribution < -0.4 is 9.64 Å². The summed E-state index contributed by atoms with van der Waals surface area (Å²) in [5, 5.41) is 19.7. The van der Waals surface area contributed by atoms with Gasteiger partial charge in [0.25, 0.3) is 5.91 Å². The lowest BCUT2D eigenvalue weighted by molar-refractivity contribution is -0.138. The van der Waals surface area contributed by atoms with Crippen LogP contribution >= 0.6 is 15.9 Å². The van der Waals surface area contributed by atoms with Crippen LogP contribution in [-0.4, -0.2) is 55.3 Å². The van der Waals surface area contributed by atoms with Crippen molar-refractivity contribution in [2.45, 2.75) is 6.18 Å². The van der Waals surface area contributed by atoms with Crippen molar-refractivity contribution in [3.63, 3.8) is 0 Å². The molecule has 0 saturated carbocycles. The van der Waals surface area contributed by atoms with Crippen LogP contribution in [0.1, 0.15) is 22.3 Å². The fraction of sp³-hybridized carbons (Fsp3) is 0.241. The predicted octanol–water partition coefficient (Wildman–Crippen LogP) is 6.06. The van der Waals surface area contributed by atoms with Gasteiger partial charge in [0.1, 0.15) is 17.2 Å². The van der Waals surface area contributed by atoms with Crippen molar-refractivity contribution in [1.82, 2.24) is 4.90 Å². The number of hydrogen-bond donors (Lipinski definition) is 1. The first kappa shape index (κ1) is 27.7.